The fraction of sp³-hybridized carbons (Fsp3) is 0.833. The molecule has 0 radical (unpaired) electrons. The van der Waals surface area contributed by atoms with Crippen LogP contribution < -0.4 is 9.80 Å². The molecule has 134 valence electrons. The second-order valence-electron chi connectivity index (χ2n) is 8.45. The Bertz CT molecular complexity index is 567. The van der Waals surface area contributed by atoms with Crippen LogP contribution in [0, 0.1) is 0 Å². The molecule has 24 heavy (non-hydrogen) atoms. The molecule has 1 spiro atoms. The highest BCUT2D eigenvalue weighted by molar-refractivity contribution is 5.40. The van der Waals surface area contributed by atoms with Crippen LogP contribution in [0.25, 0.3) is 0 Å². The number of rotatable bonds is 3. The van der Waals surface area contributed by atoms with Crippen LogP contribution in [0.5, 0.6) is 0 Å². The zero-order valence-corrected chi connectivity index (χ0v) is 16.0. The summed E-state index contributed by atoms with van der Waals surface area (Å²) >= 11 is 0. The monoisotopic (exact) mass is 333 g/mol. The molecule has 1 aromatic heterocycles. The van der Waals surface area contributed by atoms with Crippen LogP contribution in [0.1, 0.15) is 65.1 Å². The third-order valence-corrected chi connectivity index (χ3v) is 4.89. The number of anilines is 2. The number of aromatic nitrogens is 3. The molecule has 1 saturated heterocycles. The topological polar surface area (TPSA) is 54.4 Å². The zero-order valence-electron chi connectivity index (χ0n) is 16.0. The van der Waals surface area contributed by atoms with E-state index >= 15 is 0 Å². The number of hydrogen-bond acceptors (Lipinski definition) is 6. The van der Waals surface area contributed by atoms with E-state index in [1.165, 1.54) is 12.8 Å². The van der Waals surface area contributed by atoms with Gasteiger partial charge >= 0.3 is 0 Å². The first-order valence-electron chi connectivity index (χ1n) is 9.08. The first kappa shape index (κ1) is 17.4. The maximum atomic E-state index is 6.51. The predicted molar refractivity (Wildman–Crippen MR) is 96.8 cm³/mol. The van der Waals surface area contributed by atoms with Crippen LogP contribution in [-0.2, 0) is 4.74 Å². The van der Waals surface area contributed by atoms with Crippen molar-refractivity contribution in [2.45, 2.75) is 70.5 Å². The zero-order chi connectivity index (χ0) is 17.5. The van der Waals surface area contributed by atoms with E-state index in [9.17, 15) is 0 Å². The molecule has 1 aliphatic heterocycles. The first-order valence-corrected chi connectivity index (χ1v) is 9.08. The lowest BCUT2D eigenvalue weighted by Gasteiger charge is -2.48. The molecular weight excluding hydrogens is 302 g/mol. The summed E-state index contributed by atoms with van der Waals surface area (Å²) in [7, 11) is 3.95. The summed E-state index contributed by atoms with van der Waals surface area (Å²) in [5.41, 5.74) is -0.226. The third kappa shape index (κ3) is 3.48. The average Bonchev–Trinajstić information content (AvgIpc) is 2.92. The minimum Gasteiger partial charge on any atom is -0.365 e. The van der Waals surface area contributed by atoms with Gasteiger partial charge in [-0.2, -0.15) is 15.0 Å². The van der Waals surface area contributed by atoms with Crippen LogP contribution >= 0.6 is 0 Å². The maximum absolute atomic E-state index is 6.51. The van der Waals surface area contributed by atoms with E-state index in [2.05, 4.69) is 37.6 Å². The Hall–Kier alpha value is -1.43. The second kappa shape index (κ2) is 6.14. The van der Waals surface area contributed by atoms with Crippen molar-refractivity contribution in [3.63, 3.8) is 0 Å². The van der Waals surface area contributed by atoms with Crippen molar-refractivity contribution in [1.29, 1.82) is 0 Å². The van der Waals surface area contributed by atoms with Crippen molar-refractivity contribution in [2.75, 3.05) is 37.0 Å². The molecule has 2 fully saturated rings. The SMILES string of the molecule is CC(C)c1nc(N(C)C)nc(N2CC(C)(C)OC3(CCCC3)C2)n1. The van der Waals surface area contributed by atoms with Gasteiger partial charge in [0.2, 0.25) is 11.9 Å². The van der Waals surface area contributed by atoms with Crippen LogP contribution in [0.2, 0.25) is 0 Å². The lowest BCUT2D eigenvalue weighted by atomic mass is 9.94. The number of ether oxygens (including phenoxy) is 1. The number of nitrogens with zero attached hydrogens (tertiary/aromatic N) is 5. The molecule has 0 amide bonds. The summed E-state index contributed by atoms with van der Waals surface area (Å²) in [6.07, 6.45) is 4.77. The Kier molecular flexibility index (Phi) is 4.45. The Morgan fingerprint density at radius 1 is 1.04 bits per heavy atom. The van der Waals surface area contributed by atoms with E-state index in [0.717, 1.165) is 43.7 Å². The van der Waals surface area contributed by atoms with Gasteiger partial charge < -0.3 is 14.5 Å². The Morgan fingerprint density at radius 2 is 1.71 bits per heavy atom. The molecule has 0 unspecified atom stereocenters. The fourth-order valence-electron chi connectivity index (χ4n) is 3.90. The van der Waals surface area contributed by atoms with Crippen molar-refractivity contribution < 1.29 is 4.74 Å². The molecule has 1 aromatic rings. The van der Waals surface area contributed by atoms with Gasteiger partial charge in [-0.1, -0.05) is 26.7 Å². The number of hydrogen-bond donors (Lipinski definition) is 0. The minimum atomic E-state index is -0.189. The van der Waals surface area contributed by atoms with Crippen molar-refractivity contribution in [3.05, 3.63) is 5.82 Å². The maximum Gasteiger partial charge on any atom is 0.230 e. The smallest absolute Gasteiger partial charge is 0.230 e. The van der Waals surface area contributed by atoms with E-state index in [4.69, 9.17) is 14.7 Å². The summed E-state index contributed by atoms with van der Waals surface area (Å²) in [4.78, 5) is 18.4. The van der Waals surface area contributed by atoms with Gasteiger partial charge in [0.15, 0.2) is 0 Å². The van der Waals surface area contributed by atoms with Crippen LogP contribution in [0.3, 0.4) is 0 Å². The highest BCUT2D eigenvalue weighted by Gasteiger charge is 2.46. The van der Waals surface area contributed by atoms with Gasteiger partial charge in [0.05, 0.1) is 17.7 Å². The van der Waals surface area contributed by atoms with E-state index in [1.807, 2.05) is 19.0 Å². The molecule has 0 N–H and O–H groups in total. The van der Waals surface area contributed by atoms with E-state index < -0.39 is 0 Å². The van der Waals surface area contributed by atoms with Crippen LogP contribution in [-0.4, -0.2) is 53.3 Å². The predicted octanol–water partition coefficient (Wildman–Crippen LogP) is 2.99. The average molecular weight is 333 g/mol. The molecule has 6 nitrogen and oxygen atoms in total. The molecular formula is C18H31N5O. The summed E-state index contributed by atoms with van der Waals surface area (Å²) < 4.78 is 6.51. The van der Waals surface area contributed by atoms with Crippen molar-refractivity contribution in [2.24, 2.45) is 0 Å². The summed E-state index contributed by atoms with van der Waals surface area (Å²) in [5.74, 6) is 2.65. The molecule has 2 heterocycles. The van der Waals surface area contributed by atoms with Gasteiger partial charge in [0, 0.05) is 26.6 Å². The fourth-order valence-corrected chi connectivity index (χ4v) is 3.90. The lowest BCUT2D eigenvalue weighted by Crippen LogP contribution is -2.59. The van der Waals surface area contributed by atoms with Gasteiger partial charge in [-0.25, -0.2) is 0 Å². The van der Waals surface area contributed by atoms with Crippen LogP contribution in [0.4, 0.5) is 11.9 Å². The third-order valence-electron chi connectivity index (χ3n) is 4.89. The van der Waals surface area contributed by atoms with Gasteiger partial charge in [0.25, 0.3) is 0 Å². The summed E-state index contributed by atoms with van der Waals surface area (Å²) in [6, 6.07) is 0. The first-order chi connectivity index (χ1) is 11.2. The van der Waals surface area contributed by atoms with Crippen molar-refractivity contribution >= 4 is 11.9 Å². The highest BCUT2D eigenvalue weighted by atomic mass is 16.5. The Balaban J connectivity index is 1.97. The van der Waals surface area contributed by atoms with Gasteiger partial charge in [-0.15, -0.1) is 0 Å². The lowest BCUT2D eigenvalue weighted by molar-refractivity contribution is -0.148. The van der Waals surface area contributed by atoms with Crippen molar-refractivity contribution in [1.82, 2.24) is 15.0 Å². The van der Waals surface area contributed by atoms with E-state index in [-0.39, 0.29) is 17.1 Å². The number of morpholine rings is 1. The molecule has 1 aliphatic carbocycles. The van der Waals surface area contributed by atoms with Gasteiger partial charge in [0.1, 0.15) is 5.82 Å². The summed E-state index contributed by atoms with van der Waals surface area (Å²) in [5, 5.41) is 0. The van der Waals surface area contributed by atoms with Gasteiger partial charge in [-0.3, -0.25) is 0 Å². The molecule has 0 bridgehead atoms. The molecule has 0 aromatic carbocycles. The molecule has 3 rings (SSSR count). The Morgan fingerprint density at radius 3 is 2.29 bits per heavy atom. The highest BCUT2D eigenvalue weighted by Crippen LogP contribution is 2.41. The molecule has 6 heteroatoms. The molecule has 1 saturated carbocycles. The summed E-state index contributed by atoms with van der Waals surface area (Å²) in [6.45, 7) is 10.3. The largest absolute Gasteiger partial charge is 0.365 e. The quantitative estimate of drug-likeness (QED) is 0.847. The van der Waals surface area contributed by atoms with Gasteiger partial charge in [-0.05, 0) is 26.7 Å². The van der Waals surface area contributed by atoms with E-state index in [0.29, 0.717) is 0 Å². The van der Waals surface area contributed by atoms with Crippen LogP contribution in [0.15, 0.2) is 0 Å². The molecule has 0 atom stereocenters. The van der Waals surface area contributed by atoms with Crippen molar-refractivity contribution in [3.8, 4) is 0 Å². The molecule has 2 aliphatic rings. The minimum absolute atomic E-state index is 0.0370. The second-order valence-corrected chi connectivity index (χ2v) is 8.45. The normalized spacial score (nSPS) is 22.4. The van der Waals surface area contributed by atoms with E-state index in [1.54, 1.807) is 0 Å². The standard InChI is InChI=1S/C18H31N5O/c1-13(2)14-19-15(22(5)6)21-16(20-14)23-11-17(3,4)24-18(12-23)9-7-8-10-18/h13H,7-12H2,1-6H3. The Labute approximate surface area is 145 Å².